The van der Waals surface area contributed by atoms with Crippen LogP contribution in [0.1, 0.15) is 46.0 Å². The molecule has 7 aliphatic rings. The Morgan fingerprint density at radius 2 is 2.10 bits per heavy atom. The number of rotatable bonds is 2. The maximum Gasteiger partial charge on any atom is 0.312 e. The third-order valence-corrected chi connectivity index (χ3v) is 10.4. The summed E-state index contributed by atoms with van der Waals surface area (Å²) in [5.74, 6) is -1.89. The number of hydroxylamine groups is 3. The first-order chi connectivity index (χ1) is 13.7. The second-order valence-corrected chi connectivity index (χ2v) is 11.2. The highest BCUT2D eigenvalue weighted by molar-refractivity contribution is 5.77. The Morgan fingerprint density at radius 3 is 2.79 bits per heavy atom. The van der Waals surface area contributed by atoms with Crippen LogP contribution in [-0.2, 0) is 14.3 Å². The van der Waals surface area contributed by atoms with Gasteiger partial charge in [-0.3, -0.25) is 4.79 Å². The first-order valence-corrected chi connectivity index (χ1v) is 11.4. The SMILES string of the molecule is CC[N+]1([O-])C[C@@]2(C)CCC(OC)[C@@]34C2[C@H](O)C(C31)[C@@]1(O)CCC2C[C@@H]4[C@@H]1C(=O)O2. The molecule has 162 valence electrons. The van der Waals surface area contributed by atoms with Crippen LogP contribution in [0.15, 0.2) is 0 Å². The van der Waals surface area contributed by atoms with E-state index in [1.54, 1.807) is 7.11 Å². The van der Waals surface area contributed by atoms with E-state index in [1.165, 1.54) is 0 Å². The van der Waals surface area contributed by atoms with Crippen LogP contribution in [0, 0.1) is 39.7 Å². The van der Waals surface area contributed by atoms with E-state index in [-0.39, 0.29) is 40.1 Å². The van der Waals surface area contributed by atoms with E-state index in [9.17, 15) is 20.2 Å². The second-order valence-electron chi connectivity index (χ2n) is 11.2. The smallest absolute Gasteiger partial charge is 0.312 e. The first kappa shape index (κ1) is 19.0. The van der Waals surface area contributed by atoms with Crippen molar-refractivity contribution in [1.29, 1.82) is 0 Å². The molecular formula is C22H33NO6. The molecule has 7 rings (SSSR count). The van der Waals surface area contributed by atoms with Gasteiger partial charge in [0.25, 0.3) is 0 Å². The standard InChI is InChI=1S/C22H33NO6/c1-4-23(27)10-20(2)7-6-13(28-3)22-12-9-11-5-8-21(26,14(12)19(25)29-11)15(18(22)23)16(24)17(20)22/h11-18,24,26H,4-10H2,1-3H3/t11?,12-,13?,14-,15?,16-,17?,18?,20-,21-,22+,23?/m1/s1. The largest absolute Gasteiger partial charge is 0.633 e. The van der Waals surface area contributed by atoms with Crippen molar-refractivity contribution in [3.63, 3.8) is 0 Å². The summed E-state index contributed by atoms with van der Waals surface area (Å²) >= 11 is 0. The average molecular weight is 408 g/mol. The number of hydrogen-bond acceptors (Lipinski definition) is 6. The molecule has 4 aliphatic carbocycles. The summed E-state index contributed by atoms with van der Waals surface area (Å²) in [6, 6.07) is -0.429. The van der Waals surface area contributed by atoms with Gasteiger partial charge in [0.05, 0.1) is 48.1 Å². The number of fused-ring (bicyclic) bond motifs is 2. The van der Waals surface area contributed by atoms with Gasteiger partial charge in [-0.25, -0.2) is 0 Å². The van der Waals surface area contributed by atoms with Crippen LogP contribution >= 0.6 is 0 Å². The summed E-state index contributed by atoms with van der Waals surface area (Å²) in [6.45, 7) is 4.98. The van der Waals surface area contributed by atoms with Gasteiger partial charge in [0, 0.05) is 18.4 Å². The fourth-order valence-electron chi connectivity index (χ4n) is 9.95. The minimum absolute atomic E-state index is 0.123. The number of piperidine rings is 1. The fraction of sp³-hybridized carbons (Fsp3) is 0.955. The van der Waals surface area contributed by atoms with Crippen LogP contribution in [0.2, 0.25) is 0 Å². The summed E-state index contributed by atoms with van der Waals surface area (Å²) in [5.41, 5.74) is -2.27. The van der Waals surface area contributed by atoms with Crippen LogP contribution in [0.5, 0.6) is 0 Å². The number of aliphatic hydroxyl groups is 2. The summed E-state index contributed by atoms with van der Waals surface area (Å²) < 4.78 is 11.4. The normalized spacial score (nSPS) is 64.6. The number of esters is 1. The summed E-state index contributed by atoms with van der Waals surface area (Å²) in [7, 11) is 1.71. The van der Waals surface area contributed by atoms with Crippen LogP contribution in [0.3, 0.4) is 0 Å². The maximum atomic E-state index is 14.4. The predicted octanol–water partition coefficient (Wildman–Crippen LogP) is 1.20. The zero-order valence-electron chi connectivity index (χ0n) is 17.5. The molecule has 7 heteroatoms. The highest BCUT2D eigenvalue weighted by Crippen LogP contribution is 2.78. The van der Waals surface area contributed by atoms with E-state index in [1.807, 2.05) is 6.92 Å². The summed E-state index contributed by atoms with van der Waals surface area (Å²) in [5, 5.41) is 38.3. The first-order valence-electron chi connectivity index (χ1n) is 11.4. The summed E-state index contributed by atoms with van der Waals surface area (Å²) in [4.78, 5) is 13.1. The van der Waals surface area contributed by atoms with Crippen molar-refractivity contribution < 1.29 is 29.1 Å². The van der Waals surface area contributed by atoms with Crippen LogP contribution in [0.4, 0.5) is 0 Å². The predicted molar refractivity (Wildman–Crippen MR) is 102 cm³/mol. The van der Waals surface area contributed by atoms with Crippen LogP contribution in [0.25, 0.3) is 0 Å². The molecule has 0 aromatic rings. The van der Waals surface area contributed by atoms with E-state index in [2.05, 4.69) is 6.92 Å². The Hall–Kier alpha value is -0.730. The van der Waals surface area contributed by atoms with E-state index in [0.717, 1.165) is 12.8 Å². The monoisotopic (exact) mass is 407 g/mol. The number of quaternary nitrogens is 1. The third-order valence-electron chi connectivity index (χ3n) is 10.4. The van der Waals surface area contributed by atoms with Gasteiger partial charge in [-0.2, -0.15) is 0 Å². The van der Waals surface area contributed by atoms with E-state index in [0.29, 0.717) is 32.4 Å². The molecule has 0 aromatic carbocycles. The Kier molecular flexibility index (Phi) is 3.51. The highest BCUT2D eigenvalue weighted by Gasteiger charge is 2.87. The Labute approximate surface area is 171 Å². The Balaban J connectivity index is 1.69. The van der Waals surface area contributed by atoms with Gasteiger partial charge in [-0.05, 0) is 44.9 Å². The lowest BCUT2D eigenvalue weighted by Gasteiger charge is -2.72. The van der Waals surface area contributed by atoms with Gasteiger partial charge < -0.3 is 29.5 Å². The molecule has 4 saturated carbocycles. The second kappa shape index (κ2) is 5.36. The number of hydrogen-bond donors (Lipinski definition) is 2. The van der Waals surface area contributed by atoms with Crippen molar-refractivity contribution >= 4 is 5.97 Å². The number of carbonyl (C=O) groups is 1. The van der Waals surface area contributed by atoms with Gasteiger partial charge >= 0.3 is 5.97 Å². The van der Waals surface area contributed by atoms with Crippen molar-refractivity contribution in [2.24, 2.45) is 34.5 Å². The Bertz CT molecular complexity index is 776. The van der Waals surface area contributed by atoms with Gasteiger partial charge in [-0.15, -0.1) is 0 Å². The van der Waals surface area contributed by atoms with Crippen molar-refractivity contribution in [3.05, 3.63) is 5.21 Å². The molecule has 1 spiro atoms. The van der Waals surface area contributed by atoms with Crippen LogP contribution < -0.4 is 0 Å². The number of methoxy groups -OCH3 is 1. The molecular weight excluding hydrogens is 374 g/mol. The molecule has 0 amide bonds. The van der Waals surface area contributed by atoms with Crippen molar-refractivity contribution in [3.8, 4) is 0 Å². The minimum atomic E-state index is -1.37. The lowest BCUT2D eigenvalue weighted by Crippen LogP contribution is -2.80. The van der Waals surface area contributed by atoms with Crippen molar-refractivity contribution in [2.45, 2.75) is 75.9 Å². The molecule has 7 fully saturated rings. The molecule has 3 saturated heterocycles. The molecule has 12 atom stereocenters. The van der Waals surface area contributed by atoms with Crippen LogP contribution in [-0.4, -0.2) is 71.0 Å². The molecule has 7 nitrogen and oxygen atoms in total. The molecule has 2 N–H and O–H groups in total. The van der Waals surface area contributed by atoms with Gasteiger partial charge in [0.2, 0.25) is 0 Å². The fourth-order valence-corrected chi connectivity index (χ4v) is 9.95. The number of aliphatic hydroxyl groups excluding tert-OH is 1. The van der Waals surface area contributed by atoms with Crippen molar-refractivity contribution in [1.82, 2.24) is 0 Å². The lowest BCUT2D eigenvalue weighted by molar-refractivity contribution is -0.932. The molecule has 0 aromatic heterocycles. The topological polar surface area (TPSA) is 99.0 Å². The molecule has 3 aliphatic heterocycles. The average Bonchev–Trinajstić information content (AvgIpc) is 2.71. The van der Waals surface area contributed by atoms with E-state index >= 15 is 0 Å². The third kappa shape index (κ3) is 1.80. The molecule has 9 bridgehead atoms. The Morgan fingerprint density at radius 1 is 1.34 bits per heavy atom. The zero-order valence-corrected chi connectivity index (χ0v) is 17.5. The number of ether oxygens (including phenoxy) is 2. The van der Waals surface area contributed by atoms with E-state index in [4.69, 9.17) is 9.47 Å². The summed E-state index contributed by atoms with van der Waals surface area (Å²) in [6.07, 6.45) is 2.20. The van der Waals surface area contributed by atoms with Gasteiger partial charge in [0.1, 0.15) is 12.1 Å². The molecule has 0 radical (unpaired) electrons. The van der Waals surface area contributed by atoms with Gasteiger partial charge in [-0.1, -0.05) is 6.92 Å². The minimum Gasteiger partial charge on any atom is -0.633 e. The zero-order chi connectivity index (χ0) is 20.6. The maximum absolute atomic E-state index is 14.4. The lowest BCUT2D eigenvalue weighted by atomic mass is 9.42. The number of carbonyl (C=O) groups excluding carboxylic acids is 1. The molecule has 29 heavy (non-hydrogen) atoms. The number of nitrogens with zero attached hydrogens (tertiary/aromatic N) is 1. The number of likely N-dealkylation sites (tertiary alicyclic amines) is 1. The highest BCUT2D eigenvalue weighted by atomic mass is 16.6. The molecule has 3 heterocycles. The van der Waals surface area contributed by atoms with Gasteiger partial charge in [0.15, 0.2) is 0 Å². The molecule has 6 unspecified atom stereocenters. The quantitative estimate of drug-likeness (QED) is 0.405. The van der Waals surface area contributed by atoms with Crippen molar-refractivity contribution in [2.75, 3.05) is 20.2 Å². The van der Waals surface area contributed by atoms with E-state index < -0.39 is 35.0 Å².